The number of rotatable bonds is 10. The van der Waals surface area contributed by atoms with E-state index < -0.39 is 0 Å². The van der Waals surface area contributed by atoms with Crippen molar-refractivity contribution < 1.29 is 4.79 Å². The molecule has 156 valence electrons. The highest BCUT2D eigenvalue weighted by molar-refractivity contribution is 8.00. The fourth-order valence-electron chi connectivity index (χ4n) is 3.06. The van der Waals surface area contributed by atoms with Gasteiger partial charge in [-0.05, 0) is 52.1 Å². The van der Waals surface area contributed by atoms with Gasteiger partial charge in [0.25, 0.3) is 0 Å². The van der Waals surface area contributed by atoms with Gasteiger partial charge < -0.3 is 9.88 Å². The molecule has 0 aliphatic rings. The number of thioether (sulfide) groups is 1. The molecule has 0 fully saturated rings. The standard InChI is InChI=1S/C21H30N6OS/c1-6-8-12-27-19(18(7-2)26(4)5)24-25-21(27)29-15(3)20(28)23-17-11-9-10-16(13-17)14-22/h9-11,13,15,18H,6-8,12H2,1-5H3,(H,23,28)/t15-,18+/m1/s1. The van der Waals surface area contributed by atoms with Crippen molar-refractivity contribution in [3.05, 3.63) is 35.7 Å². The first kappa shape index (κ1) is 22.9. The lowest BCUT2D eigenvalue weighted by molar-refractivity contribution is -0.115. The molecule has 2 atom stereocenters. The summed E-state index contributed by atoms with van der Waals surface area (Å²) in [5, 5.41) is 21.2. The van der Waals surface area contributed by atoms with E-state index in [0.29, 0.717) is 11.3 Å². The lowest BCUT2D eigenvalue weighted by Crippen LogP contribution is -2.24. The Balaban J connectivity index is 2.17. The number of anilines is 1. The van der Waals surface area contributed by atoms with E-state index in [1.54, 1.807) is 24.3 Å². The van der Waals surface area contributed by atoms with Gasteiger partial charge in [0.2, 0.25) is 5.91 Å². The number of hydrogen-bond donors (Lipinski definition) is 1. The molecule has 1 aromatic heterocycles. The van der Waals surface area contributed by atoms with Gasteiger partial charge in [-0.25, -0.2) is 0 Å². The third-order valence-corrected chi connectivity index (χ3v) is 5.78. The summed E-state index contributed by atoms with van der Waals surface area (Å²) in [6.45, 7) is 6.99. The molecule has 0 radical (unpaired) electrons. The number of benzene rings is 1. The summed E-state index contributed by atoms with van der Waals surface area (Å²) in [6, 6.07) is 9.18. The molecule has 2 aromatic rings. The van der Waals surface area contributed by atoms with Crippen molar-refractivity contribution in [1.29, 1.82) is 5.26 Å². The van der Waals surface area contributed by atoms with Gasteiger partial charge in [0.05, 0.1) is 22.9 Å². The third-order valence-electron chi connectivity index (χ3n) is 4.70. The van der Waals surface area contributed by atoms with Gasteiger partial charge in [-0.3, -0.25) is 9.69 Å². The molecule has 1 N–H and O–H groups in total. The summed E-state index contributed by atoms with van der Waals surface area (Å²) in [4.78, 5) is 14.8. The predicted molar refractivity (Wildman–Crippen MR) is 117 cm³/mol. The quantitative estimate of drug-likeness (QED) is 0.590. The normalized spacial score (nSPS) is 13.1. The Labute approximate surface area is 177 Å². The molecule has 0 unspecified atom stereocenters. The number of amides is 1. The maximum Gasteiger partial charge on any atom is 0.237 e. The Bertz CT molecular complexity index is 857. The van der Waals surface area contributed by atoms with Crippen molar-refractivity contribution in [2.75, 3.05) is 19.4 Å². The van der Waals surface area contributed by atoms with Gasteiger partial charge in [-0.2, -0.15) is 5.26 Å². The van der Waals surface area contributed by atoms with E-state index in [2.05, 4.69) is 44.9 Å². The van der Waals surface area contributed by atoms with E-state index in [1.165, 1.54) is 11.8 Å². The number of carbonyl (C=O) groups is 1. The van der Waals surface area contributed by atoms with E-state index in [0.717, 1.165) is 36.8 Å². The molecule has 7 nitrogen and oxygen atoms in total. The van der Waals surface area contributed by atoms with Crippen LogP contribution in [0, 0.1) is 11.3 Å². The zero-order valence-electron chi connectivity index (χ0n) is 17.8. The summed E-state index contributed by atoms with van der Waals surface area (Å²) < 4.78 is 2.16. The minimum atomic E-state index is -0.349. The third kappa shape index (κ3) is 6.05. The summed E-state index contributed by atoms with van der Waals surface area (Å²) in [7, 11) is 4.09. The van der Waals surface area contributed by atoms with Gasteiger partial charge in [-0.1, -0.05) is 38.1 Å². The van der Waals surface area contributed by atoms with Crippen molar-refractivity contribution in [2.24, 2.45) is 0 Å². The zero-order chi connectivity index (χ0) is 21.4. The van der Waals surface area contributed by atoms with Crippen LogP contribution in [-0.2, 0) is 11.3 Å². The number of carbonyl (C=O) groups excluding carboxylic acids is 1. The second kappa shape index (κ2) is 11.0. The second-order valence-corrected chi connectivity index (χ2v) is 8.48. The van der Waals surface area contributed by atoms with E-state index in [9.17, 15) is 4.79 Å². The van der Waals surface area contributed by atoms with Crippen molar-refractivity contribution in [3.8, 4) is 6.07 Å². The van der Waals surface area contributed by atoms with Crippen LogP contribution in [-0.4, -0.2) is 44.9 Å². The first-order valence-electron chi connectivity index (χ1n) is 9.98. The number of nitriles is 1. The number of nitrogens with zero attached hydrogens (tertiary/aromatic N) is 5. The second-order valence-electron chi connectivity index (χ2n) is 7.18. The largest absolute Gasteiger partial charge is 0.325 e. The highest BCUT2D eigenvalue weighted by Crippen LogP contribution is 2.28. The average molecular weight is 415 g/mol. The molecule has 1 aromatic carbocycles. The highest BCUT2D eigenvalue weighted by atomic mass is 32.2. The fourth-order valence-corrected chi connectivity index (χ4v) is 3.94. The van der Waals surface area contributed by atoms with Crippen molar-refractivity contribution in [2.45, 2.75) is 63.0 Å². The minimum Gasteiger partial charge on any atom is -0.325 e. The maximum absolute atomic E-state index is 12.7. The van der Waals surface area contributed by atoms with Crippen LogP contribution in [0.1, 0.15) is 57.5 Å². The first-order chi connectivity index (χ1) is 13.9. The Hall–Kier alpha value is -2.37. The highest BCUT2D eigenvalue weighted by Gasteiger charge is 2.24. The smallest absolute Gasteiger partial charge is 0.237 e. The maximum atomic E-state index is 12.7. The average Bonchev–Trinajstić information content (AvgIpc) is 3.08. The van der Waals surface area contributed by atoms with E-state index >= 15 is 0 Å². The molecule has 0 aliphatic carbocycles. The van der Waals surface area contributed by atoms with Gasteiger partial charge in [-0.15, -0.1) is 10.2 Å². The van der Waals surface area contributed by atoms with Crippen molar-refractivity contribution >= 4 is 23.4 Å². The molecular weight excluding hydrogens is 384 g/mol. The van der Waals surface area contributed by atoms with E-state index in [1.807, 2.05) is 21.0 Å². The fraction of sp³-hybridized carbons (Fsp3) is 0.524. The lowest BCUT2D eigenvalue weighted by atomic mass is 10.2. The Morgan fingerprint density at radius 3 is 2.72 bits per heavy atom. The Morgan fingerprint density at radius 2 is 2.10 bits per heavy atom. The van der Waals surface area contributed by atoms with Crippen LogP contribution in [0.4, 0.5) is 5.69 Å². The van der Waals surface area contributed by atoms with E-state index in [4.69, 9.17) is 5.26 Å². The number of aromatic nitrogens is 3. The van der Waals surface area contributed by atoms with Crippen LogP contribution in [0.3, 0.4) is 0 Å². The molecule has 1 heterocycles. The van der Waals surface area contributed by atoms with Gasteiger partial charge in [0, 0.05) is 12.2 Å². The number of unbranched alkanes of at least 4 members (excludes halogenated alkanes) is 1. The van der Waals surface area contributed by atoms with Crippen LogP contribution >= 0.6 is 11.8 Å². The molecule has 8 heteroatoms. The van der Waals surface area contributed by atoms with Crippen molar-refractivity contribution in [3.63, 3.8) is 0 Å². The van der Waals surface area contributed by atoms with Crippen molar-refractivity contribution in [1.82, 2.24) is 19.7 Å². The molecule has 0 saturated heterocycles. The zero-order valence-corrected chi connectivity index (χ0v) is 18.7. The molecule has 29 heavy (non-hydrogen) atoms. The van der Waals surface area contributed by atoms with Gasteiger partial charge >= 0.3 is 0 Å². The molecule has 0 spiro atoms. The number of hydrogen-bond acceptors (Lipinski definition) is 6. The van der Waals surface area contributed by atoms with Crippen LogP contribution < -0.4 is 5.32 Å². The lowest BCUT2D eigenvalue weighted by Gasteiger charge is -2.23. The molecule has 2 rings (SSSR count). The van der Waals surface area contributed by atoms with E-state index in [-0.39, 0.29) is 17.2 Å². The SMILES string of the molecule is CCCCn1c(S[C@H](C)C(=O)Nc2cccc(C#N)c2)nnc1[C@H](CC)N(C)C. The Kier molecular flexibility index (Phi) is 8.68. The Morgan fingerprint density at radius 1 is 1.34 bits per heavy atom. The van der Waals surface area contributed by atoms with Crippen LogP contribution in [0.25, 0.3) is 0 Å². The van der Waals surface area contributed by atoms with Gasteiger partial charge in [0.1, 0.15) is 0 Å². The summed E-state index contributed by atoms with van der Waals surface area (Å²) in [5.74, 6) is 0.819. The molecule has 1 amide bonds. The topological polar surface area (TPSA) is 86.8 Å². The van der Waals surface area contributed by atoms with Crippen LogP contribution in [0.5, 0.6) is 0 Å². The molecular formula is C21H30N6OS. The molecule has 0 bridgehead atoms. The minimum absolute atomic E-state index is 0.128. The van der Waals surface area contributed by atoms with Gasteiger partial charge in [0.15, 0.2) is 11.0 Å². The summed E-state index contributed by atoms with van der Waals surface area (Å²) >= 11 is 1.41. The van der Waals surface area contributed by atoms with Crippen LogP contribution in [0.2, 0.25) is 0 Å². The predicted octanol–water partition coefficient (Wildman–Crippen LogP) is 4.08. The molecule has 0 aliphatic heterocycles. The summed E-state index contributed by atoms with van der Waals surface area (Å²) in [5.41, 5.74) is 1.13. The monoisotopic (exact) mass is 414 g/mol. The number of nitrogens with one attached hydrogen (secondary N) is 1. The van der Waals surface area contributed by atoms with Crippen LogP contribution in [0.15, 0.2) is 29.4 Å². The molecule has 0 saturated carbocycles. The first-order valence-corrected chi connectivity index (χ1v) is 10.9. The summed E-state index contributed by atoms with van der Waals surface area (Å²) in [6.07, 6.45) is 3.04.